The van der Waals surface area contributed by atoms with Gasteiger partial charge in [-0.15, -0.1) is 11.3 Å². The number of nitrogens with zero attached hydrogens (tertiary/aromatic N) is 4. The van der Waals surface area contributed by atoms with Crippen molar-refractivity contribution in [3.8, 4) is 73.2 Å². The van der Waals surface area contributed by atoms with Crippen molar-refractivity contribution in [2.75, 3.05) is 0 Å². The van der Waals surface area contributed by atoms with Crippen LogP contribution < -0.4 is 0 Å². The SMILES string of the molecule is c1ccc(-c2ccc(-c3cccc(-c4nc(-c5ccccc5)nc(-c5ccc(-n6c7ccccc7c7cc8ccccc8cc76)cc5-c5cccc6sc7ccccc7c56)n4)c3)cc2)cc1. The fourth-order valence-corrected chi connectivity index (χ4v) is 10.8. The minimum atomic E-state index is 0.614. The van der Waals surface area contributed by atoms with Crippen LogP contribution in [0, 0.1) is 0 Å². The molecule has 13 aromatic rings. The lowest BCUT2D eigenvalue weighted by molar-refractivity contribution is 1.07. The maximum Gasteiger partial charge on any atom is 0.164 e. The average Bonchev–Trinajstić information content (AvgIpc) is 3.94. The van der Waals surface area contributed by atoms with Crippen molar-refractivity contribution in [2.24, 2.45) is 0 Å². The number of benzene rings is 10. The Bertz CT molecular complexity index is 3980. The van der Waals surface area contributed by atoms with Gasteiger partial charge in [-0.3, -0.25) is 0 Å². The van der Waals surface area contributed by atoms with E-state index in [0.717, 1.165) is 55.7 Å². The Balaban J connectivity index is 1.04. The van der Waals surface area contributed by atoms with E-state index >= 15 is 0 Å². The third kappa shape index (κ3) is 6.48. The monoisotopic (exact) mass is 858 g/mol. The Kier molecular flexibility index (Phi) is 9.00. The Morgan fingerprint density at radius 3 is 1.68 bits per heavy atom. The molecule has 308 valence electrons. The molecule has 0 saturated heterocycles. The first kappa shape index (κ1) is 38.0. The van der Waals surface area contributed by atoms with Crippen LogP contribution in [0.4, 0.5) is 0 Å². The summed E-state index contributed by atoms with van der Waals surface area (Å²) in [6.45, 7) is 0. The molecule has 0 unspecified atom stereocenters. The van der Waals surface area contributed by atoms with Gasteiger partial charge in [0.05, 0.1) is 11.0 Å². The first-order chi connectivity index (χ1) is 32.7. The molecule has 0 amide bonds. The van der Waals surface area contributed by atoms with Gasteiger partial charge < -0.3 is 4.57 Å². The van der Waals surface area contributed by atoms with Gasteiger partial charge >= 0.3 is 0 Å². The zero-order valence-corrected chi connectivity index (χ0v) is 36.5. The van der Waals surface area contributed by atoms with E-state index in [1.54, 1.807) is 0 Å². The highest BCUT2D eigenvalue weighted by atomic mass is 32.1. The maximum atomic E-state index is 5.40. The molecule has 3 aromatic heterocycles. The first-order valence-corrected chi connectivity index (χ1v) is 23.1. The van der Waals surface area contributed by atoms with Crippen molar-refractivity contribution in [1.29, 1.82) is 0 Å². The van der Waals surface area contributed by atoms with E-state index in [9.17, 15) is 0 Å². The third-order valence-electron chi connectivity index (χ3n) is 12.8. The van der Waals surface area contributed by atoms with Crippen LogP contribution in [0.1, 0.15) is 0 Å². The number of aromatic nitrogens is 4. The lowest BCUT2D eigenvalue weighted by atomic mass is 9.94. The van der Waals surface area contributed by atoms with Crippen LogP contribution in [0.3, 0.4) is 0 Å². The van der Waals surface area contributed by atoms with E-state index in [1.807, 2.05) is 29.5 Å². The summed E-state index contributed by atoms with van der Waals surface area (Å²) >= 11 is 1.83. The lowest BCUT2D eigenvalue weighted by Crippen LogP contribution is -2.02. The molecule has 0 aliphatic carbocycles. The molecule has 0 radical (unpaired) electrons. The van der Waals surface area contributed by atoms with Gasteiger partial charge in [0.15, 0.2) is 17.5 Å². The fraction of sp³-hybridized carbons (Fsp3) is 0. The van der Waals surface area contributed by atoms with Crippen LogP contribution >= 0.6 is 11.3 Å². The van der Waals surface area contributed by atoms with Crippen molar-refractivity contribution in [1.82, 2.24) is 19.5 Å². The molecule has 0 bridgehead atoms. The Labute approximate surface area is 385 Å². The van der Waals surface area contributed by atoms with Crippen LogP contribution in [0.25, 0.3) is 126 Å². The molecule has 0 aliphatic heterocycles. The highest BCUT2D eigenvalue weighted by molar-refractivity contribution is 7.25. The van der Waals surface area contributed by atoms with Gasteiger partial charge in [0.2, 0.25) is 0 Å². The predicted molar refractivity (Wildman–Crippen MR) is 277 cm³/mol. The molecule has 0 fully saturated rings. The van der Waals surface area contributed by atoms with Crippen LogP contribution in [-0.2, 0) is 0 Å². The van der Waals surface area contributed by atoms with E-state index in [2.05, 4.69) is 217 Å². The molecular formula is C61H38N4S. The summed E-state index contributed by atoms with van der Waals surface area (Å²) in [7, 11) is 0. The molecule has 66 heavy (non-hydrogen) atoms. The van der Waals surface area contributed by atoms with Gasteiger partial charge in [0, 0.05) is 53.3 Å². The van der Waals surface area contributed by atoms with Crippen molar-refractivity contribution >= 4 is 64.1 Å². The van der Waals surface area contributed by atoms with Crippen LogP contribution in [-0.4, -0.2) is 19.5 Å². The van der Waals surface area contributed by atoms with Crippen LogP contribution in [0.2, 0.25) is 0 Å². The Hall–Kier alpha value is -8.51. The summed E-state index contributed by atoms with van der Waals surface area (Å²) in [5, 5.41) is 7.35. The molecule has 3 heterocycles. The summed E-state index contributed by atoms with van der Waals surface area (Å²) in [5.41, 5.74) is 13.0. The molecule has 0 saturated carbocycles. The summed E-state index contributed by atoms with van der Waals surface area (Å²) in [6.07, 6.45) is 0. The van der Waals surface area contributed by atoms with Crippen LogP contribution in [0.15, 0.2) is 231 Å². The summed E-state index contributed by atoms with van der Waals surface area (Å²) in [5.74, 6) is 1.85. The molecule has 4 nitrogen and oxygen atoms in total. The highest BCUT2D eigenvalue weighted by Gasteiger charge is 2.21. The second-order valence-electron chi connectivity index (χ2n) is 16.8. The topological polar surface area (TPSA) is 43.6 Å². The molecule has 0 N–H and O–H groups in total. The highest BCUT2D eigenvalue weighted by Crippen LogP contribution is 2.44. The van der Waals surface area contributed by atoms with E-state index in [1.165, 1.54) is 52.8 Å². The fourth-order valence-electron chi connectivity index (χ4n) is 9.69. The number of rotatable bonds is 7. The van der Waals surface area contributed by atoms with Crippen molar-refractivity contribution in [3.63, 3.8) is 0 Å². The number of fused-ring (bicyclic) bond motifs is 7. The second kappa shape index (κ2) is 15.6. The van der Waals surface area contributed by atoms with Crippen molar-refractivity contribution < 1.29 is 0 Å². The standard InChI is InChI=1S/C61H38N4S/c1-3-15-39(16-4-1)40-29-31-41(32-30-40)43-21-13-22-46(35-43)60-62-59(42-17-5-2-6-18-42)63-61(64-60)50-34-33-47(38-52(50)49-25-14-28-57-58(49)51-24-10-12-27-56(51)66-57)65-54-26-11-9-23-48(54)53-36-44-19-7-8-20-45(44)37-55(53)65/h1-38H. The Morgan fingerprint density at radius 1 is 0.303 bits per heavy atom. The summed E-state index contributed by atoms with van der Waals surface area (Å²) in [6, 6.07) is 82.3. The van der Waals surface area contributed by atoms with Gasteiger partial charge in [-0.05, 0) is 98.8 Å². The van der Waals surface area contributed by atoms with Gasteiger partial charge in [0.25, 0.3) is 0 Å². The summed E-state index contributed by atoms with van der Waals surface area (Å²) < 4.78 is 4.92. The molecule has 0 atom stereocenters. The van der Waals surface area contributed by atoms with Gasteiger partial charge in [-0.2, -0.15) is 0 Å². The van der Waals surface area contributed by atoms with E-state index in [-0.39, 0.29) is 0 Å². The zero-order valence-electron chi connectivity index (χ0n) is 35.6. The predicted octanol–water partition coefficient (Wildman–Crippen LogP) is 16.5. The maximum absolute atomic E-state index is 5.40. The molecule has 13 rings (SSSR count). The van der Waals surface area contributed by atoms with Crippen molar-refractivity contribution in [2.45, 2.75) is 0 Å². The van der Waals surface area contributed by atoms with Crippen molar-refractivity contribution in [3.05, 3.63) is 231 Å². The van der Waals surface area contributed by atoms with E-state index < -0.39 is 0 Å². The Morgan fingerprint density at radius 2 is 0.879 bits per heavy atom. The molecule has 0 spiro atoms. The molecule has 0 aliphatic rings. The smallest absolute Gasteiger partial charge is 0.164 e. The van der Waals surface area contributed by atoms with Crippen LogP contribution in [0.5, 0.6) is 0 Å². The zero-order chi connectivity index (χ0) is 43.6. The second-order valence-corrected chi connectivity index (χ2v) is 17.9. The van der Waals surface area contributed by atoms with Gasteiger partial charge in [0.1, 0.15) is 0 Å². The normalized spacial score (nSPS) is 11.6. The lowest BCUT2D eigenvalue weighted by Gasteiger charge is -2.16. The quantitative estimate of drug-likeness (QED) is 0.160. The van der Waals surface area contributed by atoms with E-state index in [0.29, 0.717) is 17.5 Å². The minimum Gasteiger partial charge on any atom is -0.309 e. The molecule has 5 heteroatoms. The number of para-hydroxylation sites is 1. The molecule has 10 aromatic carbocycles. The van der Waals surface area contributed by atoms with E-state index in [4.69, 9.17) is 15.0 Å². The third-order valence-corrected chi connectivity index (χ3v) is 14.0. The number of hydrogen-bond acceptors (Lipinski definition) is 4. The van der Waals surface area contributed by atoms with Gasteiger partial charge in [-0.1, -0.05) is 176 Å². The average molecular weight is 859 g/mol. The summed E-state index contributed by atoms with van der Waals surface area (Å²) in [4.78, 5) is 15.9. The number of thiophene rings is 1. The molecular weight excluding hydrogens is 821 g/mol. The number of hydrogen-bond donors (Lipinski definition) is 0. The first-order valence-electron chi connectivity index (χ1n) is 22.3. The van der Waals surface area contributed by atoms with Gasteiger partial charge in [-0.25, -0.2) is 15.0 Å². The largest absolute Gasteiger partial charge is 0.309 e. The minimum absolute atomic E-state index is 0.614.